The van der Waals surface area contributed by atoms with Crippen molar-refractivity contribution in [2.24, 2.45) is 0 Å². The Morgan fingerprint density at radius 2 is 0.639 bits per heavy atom. The lowest BCUT2D eigenvalue weighted by atomic mass is 9.80. The summed E-state index contributed by atoms with van der Waals surface area (Å²) in [7, 11) is 0. The largest absolute Gasteiger partial charge is 0.478 e. The Bertz CT molecular complexity index is 1510. The number of carbonyl (C=O) groups is 4. The monoisotopic (exact) mass is 482 g/mol. The average molecular weight is 482 g/mol. The maximum atomic E-state index is 12.4. The number of carboxylic acid groups (broad SMARTS) is 4. The molecule has 0 amide bonds. The number of aromatic carboxylic acids is 4. The molecule has 0 unspecified atom stereocenters. The average Bonchev–Trinajstić information content (AvgIpc) is 2.87. The van der Waals surface area contributed by atoms with Crippen molar-refractivity contribution in [3.8, 4) is 33.4 Å². The number of rotatable bonds is 7. The smallest absolute Gasteiger partial charge is 0.337 e. The maximum absolute atomic E-state index is 12.4. The fourth-order valence-electron chi connectivity index (χ4n) is 4.25. The first-order chi connectivity index (χ1) is 17.2. The fourth-order valence-corrected chi connectivity index (χ4v) is 4.25. The highest BCUT2D eigenvalue weighted by molar-refractivity contribution is 6.21. The van der Waals surface area contributed by atoms with Crippen molar-refractivity contribution in [3.05, 3.63) is 107 Å². The number of hydrogen-bond donors (Lipinski definition) is 4. The van der Waals surface area contributed by atoms with Crippen LogP contribution in [0, 0.1) is 0 Å². The Kier molecular flexibility index (Phi) is 6.34. The Hall–Kier alpha value is -5.24. The minimum Gasteiger partial charge on any atom is -0.478 e. The van der Waals surface area contributed by atoms with Crippen LogP contribution in [0.5, 0.6) is 0 Å². The predicted molar refractivity (Wildman–Crippen MR) is 131 cm³/mol. The number of carboxylic acids is 4. The third-order valence-electron chi connectivity index (χ3n) is 5.70. The van der Waals surface area contributed by atoms with E-state index in [0.29, 0.717) is 0 Å². The highest BCUT2D eigenvalue weighted by Crippen LogP contribution is 2.42. The lowest BCUT2D eigenvalue weighted by Gasteiger charge is -2.21. The summed E-state index contributed by atoms with van der Waals surface area (Å²) in [4.78, 5) is 49.2. The van der Waals surface area contributed by atoms with E-state index in [1.807, 2.05) is 30.3 Å². The minimum absolute atomic E-state index is 0.199. The molecule has 0 radical (unpaired) electrons. The third-order valence-corrected chi connectivity index (χ3v) is 5.70. The van der Waals surface area contributed by atoms with Crippen LogP contribution in [-0.2, 0) is 0 Å². The van der Waals surface area contributed by atoms with E-state index in [4.69, 9.17) is 0 Å². The quantitative estimate of drug-likeness (QED) is 0.270. The second kappa shape index (κ2) is 9.55. The van der Waals surface area contributed by atoms with Crippen molar-refractivity contribution in [1.29, 1.82) is 0 Å². The van der Waals surface area contributed by atoms with Crippen LogP contribution in [0.3, 0.4) is 0 Å². The van der Waals surface area contributed by atoms with Crippen molar-refractivity contribution in [1.82, 2.24) is 0 Å². The molecule has 4 aromatic carbocycles. The van der Waals surface area contributed by atoms with Gasteiger partial charge in [0.25, 0.3) is 0 Å². The van der Waals surface area contributed by atoms with Gasteiger partial charge in [-0.1, -0.05) is 84.9 Å². The van der Waals surface area contributed by atoms with E-state index in [2.05, 4.69) is 0 Å². The van der Waals surface area contributed by atoms with Gasteiger partial charge in [0.05, 0.1) is 22.3 Å². The van der Waals surface area contributed by atoms with Gasteiger partial charge in [-0.15, -0.1) is 0 Å². The summed E-state index contributed by atoms with van der Waals surface area (Å²) < 4.78 is 0. The van der Waals surface area contributed by atoms with Gasteiger partial charge < -0.3 is 20.4 Å². The molecule has 178 valence electrons. The van der Waals surface area contributed by atoms with Gasteiger partial charge in [0, 0.05) is 11.1 Å². The Morgan fingerprint density at radius 3 is 1.00 bits per heavy atom. The van der Waals surface area contributed by atoms with E-state index < -0.39 is 46.1 Å². The fraction of sp³-hybridized carbons (Fsp3) is 0. The first kappa shape index (κ1) is 23.9. The third kappa shape index (κ3) is 4.19. The molecule has 36 heavy (non-hydrogen) atoms. The lowest BCUT2D eigenvalue weighted by Crippen LogP contribution is -2.22. The van der Waals surface area contributed by atoms with Gasteiger partial charge in [-0.3, -0.25) is 0 Å². The highest BCUT2D eigenvalue weighted by Gasteiger charge is 2.37. The van der Waals surface area contributed by atoms with Crippen LogP contribution in [0.4, 0.5) is 0 Å². The molecule has 0 saturated heterocycles. The van der Waals surface area contributed by atoms with Gasteiger partial charge in [-0.05, 0) is 22.3 Å². The van der Waals surface area contributed by atoms with E-state index in [1.54, 1.807) is 42.5 Å². The van der Waals surface area contributed by atoms with Crippen LogP contribution < -0.4 is 0 Å². The molecule has 0 aliphatic carbocycles. The van der Waals surface area contributed by atoms with Crippen molar-refractivity contribution < 1.29 is 39.6 Å². The minimum atomic E-state index is -1.87. The normalized spacial score (nSPS) is 10.6. The van der Waals surface area contributed by atoms with Crippen LogP contribution >= 0.6 is 0 Å². The van der Waals surface area contributed by atoms with Crippen molar-refractivity contribution >= 4 is 23.9 Å². The summed E-state index contributed by atoms with van der Waals surface area (Å²) in [5, 5.41) is 39.8. The van der Waals surface area contributed by atoms with Crippen LogP contribution in [0.15, 0.2) is 84.9 Å². The van der Waals surface area contributed by atoms with E-state index >= 15 is 0 Å². The van der Waals surface area contributed by atoms with Crippen LogP contribution in [0.2, 0.25) is 0 Å². The van der Waals surface area contributed by atoms with Crippen LogP contribution in [-0.4, -0.2) is 44.3 Å². The highest BCUT2D eigenvalue weighted by atomic mass is 16.4. The molecule has 0 aliphatic heterocycles. The SMILES string of the molecule is O=C(O)c1c(C(=O)O)c(C(=O)O)c(-c2ccc(-c3ccccc3)cc2)c(-c2ccccc2)c1C(=O)O. The van der Waals surface area contributed by atoms with Gasteiger partial charge in [0.1, 0.15) is 0 Å². The van der Waals surface area contributed by atoms with Crippen molar-refractivity contribution in [2.45, 2.75) is 0 Å². The summed E-state index contributed by atoms with van der Waals surface area (Å²) in [5.41, 5.74) is -2.11. The summed E-state index contributed by atoms with van der Waals surface area (Å²) in [6.45, 7) is 0. The first-order valence-electron chi connectivity index (χ1n) is 10.6. The Morgan fingerprint density at radius 1 is 0.361 bits per heavy atom. The molecular weight excluding hydrogens is 464 g/mol. The van der Waals surface area contributed by atoms with E-state index in [1.165, 1.54) is 12.1 Å². The second-order valence-electron chi connectivity index (χ2n) is 7.78. The zero-order valence-electron chi connectivity index (χ0n) is 18.5. The zero-order chi connectivity index (χ0) is 26.0. The maximum Gasteiger partial charge on any atom is 0.337 e. The van der Waals surface area contributed by atoms with Gasteiger partial charge in [0.15, 0.2) is 0 Å². The van der Waals surface area contributed by atoms with E-state index in [-0.39, 0.29) is 22.3 Å². The second-order valence-corrected chi connectivity index (χ2v) is 7.78. The first-order valence-corrected chi connectivity index (χ1v) is 10.6. The van der Waals surface area contributed by atoms with Gasteiger partial charge in [-0.25, -0.2) is 19.2 Å². The molecule has 0 heterocycles. The Balaban J connectivity index is 2.19. The van der Waals surface area contributed by atoms with Crippen molar-refractivity contribution in [2.75, 3.05) is 0 Å². The molecule has 0 aliphatic rings. The number of hydrogen-bond acceptors (Lipinski definition) is 4. The van der Waals surface area contributed by atoms with Crippen molar-refractivity contribution in [3.63, 3.8) is 0 Å². The summed E-state index contributed by atoms with van der Waals surface area (Å²) >= 11 is 0. The molecule has 8 nitrogen and oxygen atoms in total. The molecule has 4 aromatic rings. The van der Waals surface area contributed by atoms with E-state index in [0.717, 1.165) is 11.1 Å². The summed E-state index contributed by atoms with van der Waals surface area (Å²) in [6.07, 6.45) is 0. The molecule has 0 atom stereocenters. The molecule has 0 saturated carbocycles. The van der Waals surface area contributed by atoms with Crippen LogP contribution in [0.25, 0.3) is 33.4 Å². The summed E-state index contributed by atoms with van der Waals surface area (Å²) in [5.74, 6) is -7.14. The summed E-state index contributed by atoms with van der Waals surface area (Å²) in [6, 6.07) is 23.6. The molecular formula is C28H18O8. The topological polar surface area (TPSA) is 149 Å². The molecule has 8 heteroatoms. The number of benzene rings is 4. The molecule has 0 spiro atoms. The van der Waals surface area contributed by atoms with Gasteiger partial charge >= 0.3 is 23.9 Å². The molecule has 0 bridgehead atoms. The molecule has 4 N–H and O–H groups in total. The lowest BCUT2D eigenvalue weighted by molar-refractivity contribution is 0.0620. The predicted octanol–water partition coefficient (Wildman–Crippen LogP) is 5.48. The molecule has 0 fully saturated rings. The molecule has 4 rings (SSSR count). The Labute approximate surface area is 204 Å². The zero-order valence-corrected chi connectivity index (χ0v) is 18.5. The standard InChI is InChI=1S/C28H18O8/c29-25(30)21-19(17-9-5-2-6-10-17)20(22(26(31)32)24(28(35)36)23(21)27(33)34)18-13-11-16(12-14-18)15-7-3-1-4-8-15/h1-14H,(H,29,30)(H,31,32)(H,33,34)(H,35,36). The van der Waals surface area contributed by atoms with Crippen LogP contribution in [0.1, 0.15) is 41.4 Å². The molecule has 0 aromatic heterocycles. The van der Waals surface area contributed by atoms with Gasteiger partial charge in [0.2, 0.25) is 0 Å². The van der Waals surface area contributed by atoms with E-state index in [9.17, 15) is 39.6 Å². The van der Waals surface area contributed by atoms with Gasteiger partial charge in [-0.2, -0.15) is 0 Å².